The Balaban J connectivity index is 1.93. The third kappa shape index (κ3) is 2.92. The SMILES string of the molecule is CC1(C)CN(C(=O)[C@@H]2CCCNC2)CCS1. The molecule has 0 radical (unpaired) electrons. The fourth-order valence-corrected chi connectivity index (χ4v) is 3.64. The lowest BCUT2D eigenvalue weighted by Gasteiger charge is -2.39. The number of nitrogens with zero attached hydrogens (tertiary/aromatic N) is 1. The highest BCUT2D eigenvalue weighted by molar-refractivity contribution is 8.00. The molecule has 0 aromatic heterocycles. The van der Waals surface area contributed by atoms with Gasteiger partial charge in [0.05, 0.1) is 5.92 Å². The van der Waals surface area contributed by atoms with Crippen LogP contribution in [0.2, 0.25) is 0 Å². The number of carbonyl (C=O) groups is 1. The molecule has 2 rings (SSSR count). The minimum Gasteiger partial charge on any atom is -0.340 e. The van der Waals surface area contributed by atoms with Crippen LogP contribution in [0.1, 0.15) is 26.7 Å². The molecule has 92 valence electrons. The Morgan fingerprint density at radius 2 is 2.31 bits per heavy atom. The van der Waals surface area contributed by atoms with E-state index in [4.69, 9.17) is 0 Å². The molecule has 0 aromatic carbocycles. The summed E-state index contributed by atoms with van der Waals surface area (Å²) in [5.41, 5.74) is 0. The minimum absolute atomic E-state index is 0.229. The van der Waals surface area contributed by atoms with Crippen LogP contribution in [0.4, 0.5) is 0 Å². The first-order chi connectivity index (χ1) is 7.58. The maximum atomic E-state index is 12.3. The maximum absolute atomic E-state index is 12.3. The molecule has 0 bridgehead atoms. The topological polar surface area (TPSA) is 32.3 Å². The van der Waals surface area contributed by atoms with E-state index in [1.54, 1.807) is 0 Å². The smallest absolute Gasteiger partial charge is 0.227 e. The summed E-state index contributed by atoms with van der Waals surface area (Å²) in [5, 5.41) is 3.32. The molecule has 2 aliphatic heterocycles. The Kier molecular flexibility index (Phi) is 3.80. The molecule has 2 saturated heterocycles. The molecule has 2 heterocycles. The van der Waals surface area contributed by atoms with E-state index in [0.29, 0.717) is 5.91 Å². The normalized spacial score (nSPS) is 30.1. The summed E-state index contributed by atoms with van der Waals surface area (Å²) in [6, 6.07) is 0. The van der Waals surface area contributed by atoms with E-state index >= 15 is 0 Å². The number of hydrogen-bond donors (Lipinski definition) is 1. The van der Waals surface area contributed by atoms with Crippen LogP contribution >= 0.6 is 11.8 Å². The van der Waals surface area contributed by atoms with Crippen LogP contribution in [0.25, 0.3) is 0 Å². The van der Waals surface area contributed by atoms with Crippen molar-refractivity contribution in [1.82, 2.24) is 10.2 Å². The lowest BCUT2D eigenvalue weighted by atomic mass is 9.97. The Morgan fingerprint density at radius 1 is 1.50 bits per heavy atom. The molecule has 3 nitrogen and oxygen atoms in total. The summed E-state index contributed by atoms with van der Waals surface area (Å²) in [7, 11) is 0. The second-order valence-corrected chi connectivity index (χ2v) is 7.21. The van der Waals surface area contributed by atoms with Gasteiger partial charge in [-0.25, -0.2) is 0 Å². The van der Waals surface area contributed by atoms with Crippen LogP contribution in [-0.2, 0) is 4.79 Å². The van der Waals surface area contributed by atoms with Crippen LogP contribution < -0.4 is 5.32 Å². The molecule has 0 saturated carbocycles. The van der Waals surface area contributed by atoms with Crippen LogP contribution in [-0.4, -0.2) is 47.5 Å². The number of rotatable bonds is 1. The molecule has 4 heteroatoms. The van der Waals surface area contributed by atoms with Crippen molar-refractivity contribution in [2.24, 2.45) is 5.92 Å². The Labute approximate surface area is 102 Å². The summed E-state index contributed by atoms with van der Waals surface area (Å²) in [5.74, 6) is 1.69. The standard InChI is InChI=1S/C12H22N2OS/c1-12(2)9-14(6-7-16-12)11(15)10-4-3-5-13-8-10/h10,13H,3-9H2,1-2H3/t10-/m1/s1. The Morgan fingerprint density at radius 3 is 2.94 bits per heavy atom. The van der Waals surface area contributed by atoms with Gasteiger partial charge in [0.15, 0.2) is 0 Å². The van der Waals surface area contributed by atoms with Crippen LogP contribution in [0.15, 0.2) is 0 Å². The first kappa shape index (κ1) is 12.2. The largest absolute Gasteiger partial charge is 0.340 e. The average molecular weight is 242 g/mol. The lowest BCUT2D eigenvalue weighted by molar-refractivity contribution is -0.136. The second-order valence-electron chi connectivity index (χ2n) is 5.41. The van der Waals surface area contributed by atoms with Crippen molar-refractivity contribution >= 4 is 17.7 Å². The molecule has 2 aliphatic rings. The van der Waals surface area contributed by atoms with Gasteiger partial charge in [0.1, 0.15) is 0 Å². The number of carbonyl (C=O) groups excluding carboxylic acids is 1. The molecule has 0 aliphatic carbocycles. The minimum atomic E-state index is 0.229. The molecule has 2 fully saturated rings. The van der Waals surface area contributed by atoms with Gasteiger partial charge in [0.2, 0.25) is 5.91 Å². The van der Waals surface area contributed by atoms with Crippen molar-refractivity contribution in [2.75, 3.05) is 31.9 Å². The second kappa shape index (κ2) is 4.96. The van der Waals surface area contributed by atoms with Gasteiger partial charge in [-0.15, -0.1) is 0 Å². The summed E-state index contributed by atoms with van der Waals surface area (Å²) in [6.07, 6.45) is 2.21. The molecule has 1 amide bonds. The summed E-state index contributed by atoms with van der Waals surface area (Å²) < 4.78 is 0.232. The molecular weight excluding hydrogens is 220 g/mol. The third-order valence-corrected chi connectivity index (χ3v) is 4.68. The fraction of sp³-hybridized carbons (Fsp3) is 0.917. The van der Waals surface area contributed by atoms with Crippen molar-refractivity contribution in [1.29, 1.82) is 0 Å². The number of amides is 1. The molecule has 0 aromatic rings. The molecular formula is C12H22N2OS. The zero-order chi connectivity index (χ0) is 11.6. The van der Waals surface area contributed by atoms with Crippen molar-refractivity contribution in [2.45, 2.75) is 31.4 Å². The van der Waals surface area contributed by atoms with Crippen molar-refractivity contribution in [3.05, 3.63) is 0 Å². The number of nitrogens with one attached hydrogen (secondary N) is 1. The lowest BCUT2D eigenvalue weighted by Crippen LogP contribution is -2.50. The van der Waals surface area contributed by atoms with Crippen LogP contribution in [0, 0.1) is 5.92 Å². The summed E-state index contributed by atoms with van der Waals surface area (Å²) in [6.45, 7) is 8.26. The van der Waals surface area contributed by atoms with Crippen molar-refractivity contribution in [3.8, 4) is 0 Å². The van der Waals surface area contributed by atoms with Gasteiger partial charge >= 0.3 is 0 Å². The van der Waals surface area contributed by atoms with Crippen LogP contribution in [0.3, 0.4) is 0 Å². The first-order valence-electron chi connectivity index (χ1n) is 6.22. The molecule has 16 heavy (non-hydrogen) atoms. The number of piperidine rings is 1. The first-order valence-corrected chi connectivity index (χ1v) is 7.20. The van der Waals surface area contributed by atoms with Gasteiger partial charge < -0.3 is 10.2 Å². The van der Waals surface area contributed by atoms with E-state index in [0.717, 1.165) is 44.8 Å². The predicted octanol–water partition coefficient (Wildman–Crippen LogP) is 1.34. The fourth-order valence-electron chi connectivity index (χ4n) is 2.53. The highest BCUT2D eigenvalue weighted by atomic mass is 32.2. The summed E-state index contributed by atoms with van der Waals surface area (Å²) >= 11 is 1.98. The van der Waals surface area contributed by atoms with E-state index in [9.17, 15) is 4.79 Å². The zero-order valence-electron chi connectivity index (χ0n) is 10.3. The van der Waals surface area contributed by atoms with Gasteiger partial charge in [-0.1, -0.05) is 0 Å². The number of hydrogen-bond acceptors (Lipinski definition) is 3. The van der Waals surface area contributed by atoms with E-state index in [2.05, 4.69) is 24.1 Å². The molecule has 0 spiro atoms. The highest BCUT2D eigenvalue weighted by Gasteiger charge is 2.33. The van der Waals surface area contributed by atoms with E-state index in [1.807, 2.05) is 11.8 Å². The van der Waals surface area contributed by atoms with Gasteiger partial charge in [-0.2, -0.15) is 11.8 Å². The third-order valence-electron chi connectivity index (χ3n) is 3.38. The predicted molar refractivity (Wildman–Crippen MR) is 68.7 cm³/mol. The molecule has 1 N–H and O–H groups in total. The Hall–Kier alpha value is -0.220. The Bertz CT molecular complexity index is 262. The van der Waals surface area contributed by atoms with Gasteiger partial charge in [-0.3, -0.25) is 4.79 Å². The quantitative estimate of drug-likeness (QED) is 0.753. The van der Waals surface area contributed by atoms with Crippen molar-refractivity contribution < 1.29 is 4.79 Å². The monoisotopic (exact) mass is 242 g/mol. The average Bonchev–Trinajstić information content (AvgIpc) is 2.28. The summed E-state index contributed by atoms with van der Waals surface area (Å²) in [4.78, 5) is 14.4. The van der Waals surface area contributed by atoms with E-state index < -0.39 is 0 Å². The highest BCUT2D eigenvalue weighted by Crippen LogP contribution is 2.30. The van der Waals surface area contributed by atoms with Crippen LogP contribution in [0.5, 0.6) is 0 Å². The molecule has 0 unspecified atom stereocenters. The number of thioether (sulfide) groups is 1. The van der Waals surface area contributed by atoms with Gasteiger partial charge in [-0.05, 0) is 33.2 Å². The van der Waals surface area contributed by atoms with Crippen molar-refractivity contribution in [3.63, 3.8) is 0 Å². The zero-order valence-corrected chi connectivity index (χ0v) is 11.1. The molecule has 1 atom stereocenters. The maximum Gasteiger partial charge on any atom is 0.227 e. The van der Waals surface area contributed by atoms with Gasteiger partial charge in [0, 0.05) is 30.1 Å². The van der Waals surface area contributed by atoms with E-state index in [-0.39, 0.29) is 10.7 Å². The van der Waals surface area contributed by atoms with Gasteiger partial charge in [0.25, 0.3) is 0 Å². The van der Waals surface area contributed by atoms with E-state index in [1.165, 1.54) is 0 Å².